The Hall–Kier alpha value is -1.54. The number of hydrogen-bond acceptors (Lipinski definition) is 5. The summed E-state index contributed by atoms with van der Waals surface area (Å²) in [5.41, 5.74) is 4.44. The lowest BCUT2D eigenvalue weighted by Gasteiger charge is -2.11. The van der Waals surface area contributed by atoms with E-state index >= 15 is 0 Å². The lowest BCUT2D eigenvalue weighted by atomic mass is 10.2. The molecule has 0 amide bonds. The normalized spacial score (nSPS) is 11.6. The Labute approximate surface area is 102 Å². The molecule has 0 bridgehead atoms. The zero-order valence-electron chi connectivity index (χ0n) is 9.50. The van der Waals surface area contributed by atoms with Crippen LogP contribution in [0.4, 0.5) is 24.8 Å². The van der Waals surface area contributed by atoms with Crippen LogP contribution in [0.3, 0.4) is 0 Å². The predicted molar refractivity (Wildman–Crippen MR) is 60.0 cm³/mol. The second kappa shape index (κ2) is 6.41. The van der Waals surface area contributed by atoms with Crippen LogP contribution in [0.5, 0.6) is 0 Å². The second-order valence-electron chi connectivity index (χ2n) is 3.43. The number of nitrogens with two attached hydrogens (primary N) is 1. The molecule has 0 unspecified atom stereocenters. The fourth-order valence-corrected chi connectivity index (χ4v) is 1.22. The molecular weight excluding hydrogens is 251 g/mol. The van der Waals surface area contributed by atoms with Gasteiger partial charge in [0.25, 0.3) is 0 Å². The van der Waals surface area contributed by atoms with Crippen LogP contribution in [-0.2, 0) is 10.9 Å². The third-order valence-electron chi connectivity index (χ3n) is 1.96. The molecule has 18 heavy (non-hydrogen) atoms. The molecule has 0 aliphatic heterocycles. The van der Waals surface area contributed by atoms with Gasteiger partial charge in [-0.3, -0.25) is 0 Å². The molecule has 5 nitrogen and oxygen atoms in total. The van der Waals surface area contributed by atoms with Gasteiger partial charge >= 0.3 is 6.18 Å². The molecule has 102 valence electrons. The molecular formula is C10H14F3N3O2. The van der Waals surface area contributed by atoms with Gasteiger partial charge in [0.1, 0.15) is 11.6 Å². The van der Waals surface area contributed by atoms with Gasteiger partial charge in [-0.15, -0.1) is 0 Å². The first-order valence-corrected chi connectivity index (χ1v) is 5.20. The van der Waals surface area contributed by atoms with Gasteiger partial charge < -0.3 is 20.9 Å². The number of halogens is 3. The van der Waals surface area contributed by atoms with Crippen molar-refractivity contribution in [3.63, 3.8) is 0 Å². The molecule has 0 aliphatic rings. The van der Waals surface area contributed by atoms with Gasteiger partial charge in [0.05, 0.1) is 25.4 Å². The van der Waals surface area contributed by atoms with Crippen molar-refractivity contribution in [2.24, 2.45) is 0 Å². The van der Waals surface area contributed by atoms with E-state index in [2.05, 4.69) is 10.3 Å². The number of ether oxygens (including phenoxy) is 1. The maximum Gasteiger partial charge on any atom is 0.416 e. The summed E-state index contributed by atoms with van der Waals surface area (Å²) in [4.78, 5) is 3.73. The molecule has 0 aliphatic carbocycles. The highest BCUT2D eigenvalue weighted by molar-refractivity contribution is 5.47. The highest BCUT2D eigenvalue weighted by Crippen LogP contribution is 2.31. The van der Waals surface area contributed by atoms with Crippen molar-refractivity contribution in [3.8, 4) is 0 Å². The largest absolute Gasteiger partial charge is 0.416 e. The molecule has 1 aromatic rings. The van der Waals surface area contributed by atoms with Crippen molar-refractivity contribution in [2.75, 3.05) is 37.4 Å². The zero-order chi connectivity index (χ0) is 13.6. The zero-order valence-corrected chi connectivity index (χ0v) is 9.50. The third kappa shape index (κ3) is 4.76. The number of aromatic nitrogens is 1. The number of aliphatic hydroxyl groups is 1. The smallest absolute Gasteiger partial charge is 0.394 e. The SMILES string of the molecule is Nc1cc(C(F)(F)F)cc(NCCOCCO)n1. The van der Waals surface area contributed by atoms with Gasteiger partial charge in [-0.05, 0) is 12.1 Å². The standard InChI is InChI=1S/C10H14F3N3O2/c11-10(12,13)7-5-8(14)16-9(6-7)15-1-3-18-4-2-17/h5-6,17H,1-4H2,(H3,14,15,16). The quantitative estimate of drug-likeness (QED) is 0.671. The number of pyridine rings is 1. The van der Waals surface area contributed by atoms with Crippen molar-refractivity contribution in [1.82, 2.24) is 4.98 Å². The minimum absolute atomic E-state index is 0.0370. The van der Waals surface area contributed by atoms with Crippen molar-refractivity contribution in [3.05, 3.63) is 17.7 Å². The van der Waals surface area contributed by atoms with Crippen LogP contribution in [0.2, 0.25) is 0 Å². The first kappa shape index (κ1) is 14.5. The fourth-order valence-electron chi connectivity index (χ4n) is 1.22. The lowest BCUT2D eigenvalue weighted by molar-refractivity contribution is -0.137. The number of anilines is 2. The Kier molecular flexibility index (Phi) is 5.17. The van der Waals surface area contributed by atoms with Crippen molar-refractivity contribution in [1.29, 1.82) is 0 Å². The maximum atomic E-state index is 12.5. The molecule has 4 N–H and O–H groups in total. The van der Waals surface area contributed by atoms with E-state index in [0.717, 1.165) is 12.1 Å². The average molecular weight is 265 g/mol. The topological polar surface area (TPSA) is 80.4 Å². The number of aliphatic hydroxyl groups excluding tert-OH is 1. The van der Waals surface area contributed by atoms with Crippen LogP contribution < -0.4 is 11.1 Å². The number of alkyl halides is 3. The first-order valence-electron chi connectivity index (χ1n) is 5.20. The van der Waals surface area contributed by atoms with Gasteiger partial charge in [-0.25, -0.2) is 4.98 Å². The molecule has 0 aromatic carbocycles. The first-order chi connectivity index (χ1) is 8.43. The van der Waals surface area contributed by atoms with Crippen molar-refractivity contribution >= 4 is 11.6 Å². The minimum Gasteiger partial charge on any atom is -0.394 e. The van der Waals surface area contributed by atoms with E-state index in [1.54, 1.807) is 0 Å². The highest BCUT2D eigenvalue weighted by atomic mass is 19.4. The van der Waals surface area contributed by atoms with Crippen LogP contribution in [-0.4, -0.2) is 36.5 Å². The van der Waals surface area contributed by atoms with Gasteiger partial charge in [0.15, 0.2) is 0 Å². The Morgan fingerprint density at radius 2 is 2.06 bits per heavy atom. The van der Waals surface area contributed by atoms with E-state index in [1.807, 2.05) is 0 Å². The summed E-state index contributed by atoms with van der Waals surface area (Å²) in [6.07, 6.45) is -4.46. The summed E-state index contributed by atoms with van der Waals surface area (Å²) in [6.45, 7) is 0.598. The summed E-state index contributed by atoms with van der Waals surface area (Å²) in [7, 11) is 0. The Balaban J connectivity index is 2.58. The molecule has 0 saturated carbocycles. The van der Waals surface area contributed by atoms with E-state index < -0.39 is 11.7 Å². The molecule has 0 fully saturated rings. The van der Waals surface area contributed by atoms with E-state index in [1.165, 1.54) is 0 Å². The summed E-state index contributed by atoms with van der Waals surface area (Å²) >= 11 is 0. The average Bonchev–Trinajstić information content (AvgIpc) is 2.27. The Morgan fingerprint density at radius 1 is 1.33 bits per heavy atom. The molecule has 0 radical (unpaired) electrons. The lowest BCUT2D eigenvalue weighted by Crippen LogP contribution is -2.14. The third-order valence-corrected chi connectivity index (χ3v) is 1.96. The van der Waals surface area contributed by atoms with Gasteiger partial charge in [-0.2, -0.15) is 13.2 Å². The summed E-state index contributed by atoms with van der Waals surface area (Å²) in [5, 5.41) is 11.1. The number of nitrogens with one attached hydrogen (secondary N) is 1. The number of nitrogen functional groups attached to an aromatic ring is 1. The Morgan fingerprint density at radius 3 is 2.67 bits per heavy atom. The van der Waals surface area contributed by atoms with Crippen LogP contribution in [0.1, 0.15) is 5.56 Å². The molecule has 1 rings (SSSR count). The summed E-state index contributed by atoms with van der Waals surface area (Å²) in [6, 6.07) is 1.65. The number of nitrogens with zero attached hydrogens (tertiary/aromatic N) is 1. The molecule has 8 heteroatoms. The molecule has 0 atom stereocenters. The van der Waals surface area contributed by atoms with E-state index in [4.69, 9.17) is 15.6 Å². The predicted octanol–water partition coefficient (Wildman–Crippen LogP) is 1.10. The van der Waals surface area contributed by atoms with Crippen LogP contribution >= 0.6 is 0 Å². The van der Waals surface area contributed by atoms with Crippen molar-refractivity contribution in [2.45, 2.75) is 6.18 Å². The maximum absolute atomic E-state index is 12.5. The second-order valence-corrected chi connectivity index (χ2v) is 3.43. The molecule has 1 heterocycles. The molecule has 0 saturated heterocycles. The summed E-state index contributed by atoms with van der Waals surface area (Å²) < 4.78 is 42.4. The van der Waals surface area contributed by atoms with Crippen molar-refractivity contribution < 1.29 is 23.0 Å². The minimum atomic E-state index is -4.46. The van der Waals surface area contributed by atoms with Crippen LogP contribution in [0, 0.1) is 0 Å². The van der Waals surface area contributed by atoms with Crippen LogP contribution in [0.25, 0.3) is 0 Å². The number of hydrogen-bond donors (Lipinski definition) is 3. The van der Waals surface area contributed by atoms with E-state index in [0.29, 0.717) is 0 Å². The number of rotatable bonds is 6. The highest BCUT2D eigenvalue weighted by Gasteiger charge is 2.31. The Bertz CT molecular complexity index is 385. The molecule has 1 aromatic heterocycles. The molecule has 0 spiro atoms. The summed E-state index contributed by atoms with van der Waals surface area (Å²) in [5.74, 6) is -0.168. The van der Waals surface area contributed by atoms with E-state index in [-0.39, 0.29) is 38.0 Å². The fraction of sp³-hybridized carbons (Fsp3) is 0.500. The van der Waals surface area contributed by atoms with Gasteiger partial charge in [-0.1, -0.05) is 0 Å². The monoisotopic (exact) mass is 265 g/mol. The van der Waals surface area contributed by atoms with Gasteiger partial charge in [0, 0.05) is 6.54 Å². The van der Waals surface area contributed by atoms with Gasteiger partial charge in [0.2, 0.25) is 0 Å². The van der Waals surface area contributed by atoms with Crippen LogP contribution in [0.15, 0.2) is 12.1 Å². The van der Waals surface area contributed by atoms with E-state index in [9.17, 15) is 13.2 Å².